The van der Waals surface area contributed by atoms with Crippen molar-refractivity contribution in [1.29, 1.82) is 5.26 Å². The van der Waals surface area contributed by atoms with E-state index in [4.69, 9.17) is 23.2 Å². The maximum Gasteiger partial charge on any atom is 0.434 e. The lowest BCUT2D eigenvalue weighted by molar-refractivity contribution is -0.142. The summed E-state index contributed by atoms with van der Waals surface area (Å²) >= 11 is 11.8. The van der Waals surface area contributed by atoms with Crippen LogP contribution in [0.3, 0.4) is 0 Å². The number of alkyl halides is 3. The van der Waals surface area contributed by atoms with Gasteiger partial charge < -0.3 is 5.32 Å². The van der Waals surface area contributed by atoms with E-state index >= 15 is 0 Å². The molecule has 0 atom stereocenters. The Bertz CT molecular complexity index is 899. The summed E-state index contributed by atoms with van der Waals surface area (Å²) in [5, 5.41) is 11.9. The van der Waals surface area contributed by atoms with Crippen LogP contribution in [0.1, 0.15) is 42.9 Å². The molecular weight excluding hydrogens is 404 g/mol. The van der Waals surface area contributed by atoms with Crippen molar-refractivity contribution >= 4 is 29.1 Å². The number of carbonyl (C=O) groups is 1. The highest BCUT2D eigenvalue weighted by Crippen LogP contribution is 2.36. The van der Waals surface area contributed by atoms with Crippen LogP contribution in [-0.4, -0.2) is 21.0 Å². The van der Waals surface area contributed by atoms with Crippen LogP contribution < -0.4 is 5.32 Å². The standard InChI is InChI=1S/C17H15Cl2F3N4O/c1-3-16(4-2,8-23)25-15(27)13-14(17(20,21)22)26(9-24-13)12-6-5-10(18)7-11(12)19/h5-7,9H,3-4H2,1-2H3,(H,25,27). The molecule has 2 rings (SSSR count). The van der Waals surface area contributed by atoms with Gasteiger partial charge in [-0.15, -0.1) is 0 Å². The molecule has 1 N–H and O–H groups in total. The predicted octanol–water partition coefficient (Wildman–Crippen LogP) is 5.01. The number of amides is 1. The van der Waals surface area contributed by atoms with Gasteiger partial charge in [-0.05, 0) is 31.0 Å². The quantitative estimate of drug-likeness (QED) is 0.741. The number of imidazole rings is 1. The molecule has 0 saturated carbocycles. The van der Waals surface area contributed by atoms with Gasteiger partial charge in [-0.1, -0.05) is 37.0 Å². The lowest BCUT2D eigenvalue weighted by Gasteiger charge is -2.24. The van der Waals surface area contributed by atoms with Gasteiger partial charge in [0.25, 0.3) is 5.91 Å². The van der Waals surface area contributed by atoms with Gasteiger partial charge in [-0.25, -0.2) is 4.98 Å². The molecule has 144 valence electrons. The molecule has 0 aliphatic carbocycles. The molecule has 1 aromatic carbocycles. The minimum atomic E-state index is -4.89. The van der Waals surface area contributed by atoms with E-state index in [1.165, 1.54) is 18.2 Å². The Labute approximate surface area is 163 Å². The van der Waals surface area contributed by atoms with E-state index in [1.54, 1.807) is 13.8 Å². The van der Waals surface area contributed by atoms with E-state index in [2.05, 4.69) is 10.3 Å². The molecule has 1 heterocycles. The lowest BCUT2D eigenvalue weighted by atomic mass is 9.94. The van der Waals surface area contributed by atoms with Crippen molar-refractivity contribution in [1.82, 2.24) is 14.9 Å². The fraction of sp³-hybridized carbons (Fsp3) is 0.353. The second-order valence-corrected chi connectivity index (χ2v) is 6.60. The number of aromatic nitrogens is 2. The summed E-state index contributed by atoms with van der Waals surface area (Å²) in [6, 6.07) is 5.89. The van der Waals surface area contributed by atoms with Gasteiger partial charge >= 0.3 is 6.18 Å². The smallest absolute Gasteiger partial charge is 0.332 e. The van der Waals surface area contributed by atoms with Crippen LogP contribution in [0.5, 0.6) is 0 Å². The van der Waals surface area contributed by atoms with E-state index in [1.807, 2.05) is 6.07 Å². The average Bonchev–Trinajstić information content (AvgIpc) is 3.05. The van der Waals surface area contributed by atoms with Crippen LogP contribution in [0.2, 0.25) is 10.0 Å². The number of carbonyl (C=O) groups excluding carboxylic acids is 1. The number of nitriles is 1. The maximum absolute atomic E-state index is 13.7. The number of benzene rings is 1. The Balaban J connectivity index is 2.58. The third kappa shape index (κ3) is 4.20. The molecule has 1 aromatic heterocycles. The monoisotopic (exact) mass is 418 g/mol. The van der Waals surface area contributed by atoms with Crippen LogP contribution in [0.25, 0.3) is 5.69 Å². The summed E-state index contributed by atoms with van der Waals surface area (Å²) in [7, 11) is 0. The third-order valence-electron chi connectivity index (χ3n) is 4.19. The van der Waals surface area contributed by atoms with E-state index in [9.17, 15) is 23.2 Å². The molecule has 5 nitrogen and oxygen atoms in total. The molecule has 1 amide bonds. The Morgan fingerprint density at radius 3 is 2.41 bits per heavy atom. The van der Waals surface area contributed by atoms with Gasteiger partial charge in [0, 0.05) is 5.02 Å². The Morgan fingerprint density at radius 2 is 1.93 bits per heavy atom. The van der Waals surface area contributed by atoms with Gasteiger partial charge in [0.05, 0.1) is 16.8 Å². The average molecular weight is 419 g/mol. The summed E-state index contributed by atoms with van der Waals surface area (Å²) in [6.45, 7) is 3.31. The molecule has 0 unspecified atom stereocenters. The molecule has 0 spiro atoms. The van der Waals surface area contributed by atoms with Gasteiger partial charge in [0.2, 0.25) is 0 Å². The van der Waals surface area contributed by atoms with Crippen molar-refractivity contribution in [2.45, 2.75) is 38.4 Å². The third-order valence-corrected chi connectivity index (χ3v) is 4.73. The highest BCUT2D eigenvalue weighted by Gasteiger charge is 2.42. The van der Waals surface area contributed by atoms with Crippen molar-refractivity contribution in [2.75, 3.05) is 0 Å². The van der Waals surface area contributed by atoms with E-state index < -0.39 is 29.0 Å². The number of nitrogens with one attached hydrogen (secondary N) is 1. The molecule has 0 bridgehead atoms. The van der Waals surface area contributed by atoms with Gasteiger partial charge in [-0.2, -0.15) is 18.4 Å². The highest BCUT2D eigenvalue weighted by atomic mass is 35.5. The molecule has 0 aliphatic heterocycles. The van der Waals surface area contributed by atoms with Crippen LogP contribution in [-0.2, 0) is 6.18 Å². The first-order valence-electron chi connectivity index (χ1n) is 7.92. The Morgan fingerprint density at radius 1 is 1.30 bits per heavy atom. The molecule has 0 radical (unpaired) electrons. The molecule has 27 heavy (non-hydrogen) atoms. The minimum absolute atomic E-state index is 0.0301. The Hall–Kier alpha value is -2.24. The van der Waals surface area contributed by atoms with Crippen LogP contribution in [0.4, 0.5) is 13.2 Å². The summed E-state index contributed by atoms with van der Waals surface area (Å²) in [5.41, 5.74) is -3.43. The van der Waals surface area contributed by atoms with Gasteiger partial charge in [0.1, 0.15) is 11.9 Å². The highest BCUT2D eigenvalue weighted by molar-refractivity contribution is 6.35. The van der Waals surface area contributed by atoms with Crippen LogP contribution >= 0.6 is 23.2 Å². The summed E-state index contributed by atoms with van der Waals surface area (Å²) in [5.74, 6) is -1.09. The van der Waals surface area contributed by atoms with Crippen molar-refractivity contribution in [3.8, 4) is 11.8 Å². The van der Waals surface area contributed by atoms with E-state index in [0.717, 1.165) is 6.33 Å². The zero-order chi connectivity index (χ0) is 20.4. The molecule has 0 fully saturated rings. The first kappa shape index (κ1) is 21.1. The summed E-state index contributed by atoms with van der Waals surface area (Å²) in [6.07, 6.45) is -3.56. The molecule has 0 aliphatic rings. The fourth-order valence-corrected chi connectivity index (χ4v) is 3.03. The van der Waals surface area contributed by atoms with Crippen molar-refractivity contribution in [3.63, 3.8) is 0 Å². The van der Waals surface area contributed by atoms with Gasteiger partial charge in [0.15, 0.2) is 11.4 Å². The SMILES string of the molecule is CCC(C#N)(CC)NC(=O)c1ncn(-c2ccc(Cl)cc2Cl)c1C(F)(F)F. The van der Waals surface area contributed by atoms with E-state index in [0.29, 0.717) is 4.57 Å². The molecule has 0 saturated heterocycles. The first-order valence-corrected chi connectivity index (χ1v) is 8.68. The first-order chi connectivity index (χ1) is 12.6. The number of rotatable bonds is 5. The number of nitrogens with zero attached hydrogens (tertiary/aromatic N) is 3. The predicted molar refractivity (Wildman–Crippen MR) is 95.0 cm³/mol. The zero-order valence-electron chi connectivity index (χ0n) is 14.4. The minimum Gasteiger partial charge on any atom is -0.332 e. The second-order valence-electron chi connectivity index (χ2n) is 5.76. The molecular formula is C17H15Cl2F3N4O. The largest absolute Gasteiger partial charge is 0.434 e. The summed E-state index contributed by atoms with van der Waals surface area (Å²) < 4.78 is 41.8. The van der Waals surface area contributed by atoms with Crippen molar-refractivity contribution in [2.24, 2.45) is 0 Å². The number of hydrogen-bond donors (Lipinski definition) is 1. The lowest BCUT2D eigenvalue weighted by Crippen LogP contribution is -2.47. The number of hydrogen-bond acceptors (Lipinski definition) is 3. The number of halogens is 5. The van der Waals surface area contributed by atoms with Gasteiger partial charge in [-0.3, -0.25) is 9.36 Å². The molecule has 2 aromatic rings. The van der Waals surface area contributed by atoms with Crippen molar-refractivity contribution in [3.05, 3.63) is 46.0 Å². The van der Waals surface area contributed by atoms with E-state index in [-0.39, 0.29) is 28.6 Å². The maximum atomic E-state index is 13.7. The zero-order valence-corrected chi connectivity index (χ0v) is 15.9. The normalized spacial score (nSPS) is 11.9. The fourth-order valence-electron chi connectivity index (χ4n) is 2.53. The summed E-state index contributed by atoms with van der Waals surface area (Å²) in [4.78, 5) is 16.1. The topological polar surface area (TPSA) is 70.7 Å². The van der Waals surface area contributed by atoms with Crippen molar-refractivity contribution < 1.29 is 18.0 Å². The van der Waals surface area contributed by atoms with Crippen LogP contribution in [0, 0.1) is 11.3 Å². The van der Waals surface area contributed by atoms with Crippen LogP contribution in [0.15, 0.2) is 24.5 Å². The second kappa shape index (κ2) is 7.79. The Kier molecular flexibility index (Phi) is 6.07. The molecule has 10 heteroatoms.